The minimum Gasteiger partial charge on any atom is -0.481 e. The van der Waals surface area contributed by atoms with E-state index in [2.05, 4.69) is 0 Å². The molecule has 0 heterocycles. The van der Waals surface area contributed by atoms with Crippen molar-refractivity contribution in [2.75, 3.05) is 0 Å². The minimum atomic E-state index is -1.25. The Morgan fingerprint density at radius 2 is 1.93 bits per heavy atom. The van der Waals surface area contributed by atoms with E-state index in [1.807, 2.05) is 0 Å². The summed E-state index contributed by atoms with van der Waals surface area (Å²) in [5.74, 6) is -3.06. The smallest absolute Gasteiger partial charge is 0.312 e. The van der Waals surface area contributed by atoms with Crippen LogP contribution in [0.25, 0.3) is 0 Å². The minimum absolute atomic E-state index is 0.0659. The average Bonchev–Trinajstić information content (AvgIpc) is 2.16. The molecule has 1 saturated carbocycles. The molecule has 0 radical (unpaired) electrons. The zero-order valence-corrected chi connectivity index (χ0v) is 7.40. The lowest BCUT2D eigenvalue weighted by molar-refractivity contribution is -0.153. The first-order valence-corrected chi connectivity index (χ1v) is 4.27. The van der Waals surface area contributed by atoms with Gasteiger partial charge in [0.2, 0.25) is 0 Å². The molecule has 1 rings (SSSR count). The quantitative estimate of drug-likeness (QED) is 0.624. The van der Waals surface area contributed by atoms with Crippen molar-refractivity contribution >= 4 is 17.9 Å². The first-order chi connectivity index (χ1) is 6.57. The van der Waals surface area contributed by atoms with Gasteiger partial charge in [0.05, 0.1) is 5.92 Å². The Labute approximate surface area is 80.0 Å². The number of carboxylic acid groups (broad SMARTS) is 2. The number of hydrogen-bond acceptors (Lipinski definition) is 3. The van der Waals surface area contributed by atoms with Crippen LogP contribution < -0.4 is 0 Å². The highest BCUT2D eigenvalue weighted by atomic mass is 16.4. The van der Waals surface area contributed by atoms with Crippen molar-refractivity contribution in [2.24, 2.45) is 11.8 Å². The number of aliphatic carboxylic acids is 2. The van der Waals surface area contributed by atoms with Crippen molar-refractivity contribution in [2.45, 2.75) is 19.3 Å². The van der Waals surface area contributed by atoms with Gasteiger partial charge in [0.1, 0.15) is 11.9 Å². The fraction of sp³-hybridized carbons (Fsp3) is 0.556. The van der Waals surface area contributed by atoms with E-state index in [4.69, 9.17) is 10.2 Å². The molecular formula is C9H10O5. The van der Waals surface area contributed by atoms with Crippen LogP contribution in [0, 0.1) is 11.8 Å². The summed E-state index contributed by atoms with van der Waals surface area (Å²) in [6, 6.07) is 0. The van der Waals surface area contributed by atoms with E-state index < -0.39 is 23.8 Å². The second-order valence-electron chi connectivity index (χ2n) is 3.28. The number of carbonyl (C=O) groups excluding carboxylic acids is 1. The number of rotatable bonds is 2. The monoisotopic (exact) mass is 198 g/mol. The van der Waals surface area contributed by atoms with Crippen molar-refractivity contribution in [3.63, 3.8) is 0 Å². The zero-order valence-electron chi connectivity index (χ0n) is 7.40. The Hall–Kier alpha value is -1.61. The van der Waals surface area contributed by atoms with Crippen molar-refractivity contribution in [3.05, 3.63) is 5.57 Å². The lowest BCUT2D eigenvalue weighted by Crippen LogP contribution is -2.34. The highest BCUT2D eigenvalue weighted by Crippen LogP contribution is 2.33. The molecule has 0 saturated heterocycles. The highest BCUT2D eigenvalue weighted by molar-refractivity contribution is 5.85. The topological polar surface area (TPSA) is 91.7 Å². The van der Waals surface area contributed by atoms with Gasteiger partial charge in [0, 0.05) is 5.57 Å². The van der Waals surface area contributed by atoms with Gasteiger partial charge < -0.3 is 10.2 Å². The summed E-state index contributed by atoms with van der Waals surface area (Å²) in [4.78, 5) is 31.9. The van der Waals surface area contributed by atoms with Gasteiger partial charge in [0.25, 0.3) is 0 Å². The standard InChI is InChI=1S/C9H10O5/c10-4-5-2-1-3-6(8(11)12)7(5)9(13)14/h6-7H,1-3H2,(H,11,12)(H,13,14). The van der Waals surface area contributed by atoms with Crippen LogP contribution in [-0.4, -0.2) is 28.1 Å². The summed E-state index contributed by atoms with van der Waals surface area (Å²) < 4.78 is 0. The molecular weight excluding hydrogens is 188 g/mol. The third-order valence-corrected chi connectivity index (χ3v) is 2.45. The molecule has 2 N–H and O–H groups in total. The van der Waals surface area contributed by atoms with Gasteiger partial charge in [0.15, 0.2) is 0 Å². The lowest BCUT2D eigenvalue weighted by Gasteiger charge is -2.25. The van der Waals surface area contributed by atoms with Crippen LogP contribution in [0.2, 0.25) is 0 Å². The maximum Gasteiger partial charge on any atom is 0.312 e. The van der Waals surface area contributed by atoms with Crippen LogP contribution in [0.15, 0.2) is 5.57 Å². The van der Waals surface area contributed by atoms with Gasteiger partial charge >= 0.3 is 11.9 Å². The first kappa shape index (κ1) is 10.5. The summed E-state index contributed by atoms with van der Waals surface area (Å²) in [6.45, 7) is 0. The van der Waals surface area contributed by atoms with Crippen LogP contribution >= 0.6 is 0 Å². The van der Waals surface area contributed by atoms with E-state index in [1.54, 1.807) is 5.94 Å². The van der Waals surface area contributed by atoms with Gasteiger partial charge in [-0.25, -0.2) is 4.79 Å². The third-order valence-electron chi connectivity index (χ3n) is 2.45. The fourth-order valence-corrected chi connectivity index (χ4v) is 1.78. The largest absolute Gasteiger partial charge is 0.481 e. The number of carboxylic acids is 2. The predicted molar refractivity (Wildman–Crippen MR) is 45.3 cm³/mol. The Bertz CT molecular complexity index is 313. The second-order valence-corrected chi connectivity index (χ2v) is 3.28. The third kappa shape index (κ3) is 1.83. The molecule has 0 spiro atoms. The lowest BCUT2D eigenvalue weighted by atomic mass is 9.76. The average molecular weight is 198 g/mol. The van der Waals surface area contributed by atoms with Crippen molar-refractivity contribution in [1.29, 1.82) is 0 Å². The molecule has 0 aliphatic heterocycles. The second kappa shape index (κ2) is 4.07. The molecule has 14 heavy (non-hydrogen) atoms. The molecule has 0 bridgehead atoms. The van der Waals surface area contributed by atoms with Crippen molar-refractivity contribution in [1.82, 2.24) is 0 Å². The molecule has 0 amide bonds. The molecule has 2 atom stereocenters. The van der Waals surface area contributed by atoms with Crippen LogP contribution in [-0.2, 0) is 14.4 Å². The van der Waals surface area contributed by atoms with E-state index in [1.165, 1.54) is 0 Å². The fourth-order valence-electron chi connectivity index (χ4n) is 1.78. The normalized spacial score (nSPS) is 26.7. The molecule has 0 aromatic carbocycles. The Morgan fingerprint density at radius 3 is 2.36 bits per heavy atom. The summed E-state index contributed by atoms with van der Waals surface area (Å²) in [5.41, 5.74) is 0.0659. The van der Waals surface area contributed by atoms with Crippen molar-refractivity contribution in [3.8, 4) is 0 Å². The highest BCUT2D eigenvalue weighted by Gasteiger charge is 2.39. The van der Waals surface area contributed by atoms with Crippen molar-refractivity contribution < 1.29 is 24.6 Å². The molecule has 5 nitrogen and oxygen atoms in total. The van der Waals surface area contributed by atoms with Crippen LogP contribution in [0.5, 0.6) is 0 Å². The summed E-state index contributed by atoms with van der Waals surface area (Å²) in [7, 11) is 0. The van der Waals surface area contributed by atoms with Gasteiger partial charge in [-0.1, -0.05) is 0 Å². The van der Waals surface area contributed by atoms with Crippen LogP contribution in [0.1, 0.15) is 19.3 Å². The van der Waals surface area contributed by atoms with Crippen LogP contribution in [0.4, 0.5) is 0 Å². The van der Waals surface area contributed by atoms with E-state index in [0.717, 1.165) is 0 Å². The zero-order chi connectivity index (χ0) is 10.7. The van der Waals surface area contributed by atoms with E-state index in [9.17, 15) is 14.4 Å². The van der Waals surface area contributed by atoms with Gasteiger partial charge in [-0.15, -0.1) is 0 Å². The molecule has 76 valence electrons. The molecule has 2 unspecified atom stereocenters. The summed E-state index contributed by atoms with van der Waals surface area (Å²) in [6.07, 6.45) is 1.17. The molecule has 0 aromatic rings. The Kier molecular flexibility index (Phi) is 3.04. The number of carbonyl (C=O) groups is 2. The van der Waals surface area contributed by atoms with E-state index in [-0.39, 0.29) is 5.57 Å². The van der Waals surface area contributed by atoms with E-state index in [0.29, 0.717) is 19.3 Å². The molecule has 1 fully saturated rings. The molecule has 5 heteroatoms. The Balaban J connectivity index is 3.01. The Morgan fingerprint density at radius 1 is 1.29 bits per heavy atom. The SMILES string of the molecule is O=C=C1CCCC(C(=O)O)C1C(=O)O. The maximum absolute atomic E-state index is 10.8. The summed E-state index contributed by atoms with van der Waals surface area (Å²) >= 11 is 0. The maximum atomic E-state index is 10.8. The predicted octanol–water partition coefficient (Wildman–Crippen LogP) is 0.330. The summed E-state index contributed by atoms with van der Waals surface area (Å²) in [5, 5.41) is 17.6. The van der Waals surface area contributed by atoms with E-state index >= 15 is 0 Å². The van der Waals surface area contributed by atoms with Gasteiger partial charge in [-0.3, -0.25) is 9.59 Å². The molecule has 0 aromatic heterocycles. The molecule has 1 aliphatic carbocycles. The number of hydrogen-bond donors (Lipinski definition) is 2. The first-order valence-electron chi connectivity index (χ1n) is 4.27. The molecule has 1 aliphatic rings. The van der Waals surface area contributed by atoms with Gasteiger partial charge in [-0.05, 0) is 19.3 Å². The van der Waals surface area contributed by atoms with Crippen LogP contribution in [0.3, 0.4) is 0 Å². The van der Waals surface area contributed by atoms with Gasteiger partial charge in [-0.2, -0.15) is 0 Å².